The van der Waals surface area contributed by atoms with Gasteiger partial charge in [-0.2, -0.15) is 0 Å². The largest absolute Gasteiger partial charge is 0.361 e. The van der Waals surface area contributed by atoms with Crippen molar-refractivity contribution >= 4 is 5.91 Å². The maximum absolute atomic E-state index is 12.0. The average molecular weight is 205 g/mol. The van der Waals surface area contributed by atoms with Gasteiger partial charge in [-0.15, -0.1) is 0 Å². The summed E-state index contributed by atoms with van der Waals surface area (Å²) >= 11 is 0. The van der Waals surface area contributed by atoms with Crippen LogP contribution in [0.1, 0.15) is 22.8 Å². The SMILES string of the molecule is CCOCN1CCc2ccccc2C1=O. The van der Waals surface area contributed by atoms with Crippen LogP contribution in [0.15, 0.2) is 24.3 Å². The van der Waals surface area contributed by atoms with Crippen molar-refractivity contribution in [1.29, 1.82) is 0 Å². The summed E-state index contributed by atoms with van der Waals surface area (Å²) in [5, 5.41) is 0. The summed E-state index contributed by atoms with van der Waals surface area (Å²) in [5.74, 6) is 0.0882. The van der Waals surface area contributed by atoms with E-state index in [2.05, 4.69) is 0 Å². The Kier molecular flexibility index (Phi) is 3.02. The molecule has 1 aliphatic rings. The molecule has 3 nitrogen and oxygen atoms in total. The van der Waals surface area contributed by atoms with E-state index in [0.717, 1.165) is 24.1 Å². The Hall–Kier alpha value is -1.35. The fourth-order valence-corrected chi connectivity index (χ4v) is 1.80. The van der Waals surface area contributed by atoms with E-state index in [9.17, 15) is 4.79 Å². The Morgan fingerprint density at radius 1 is 1.40 bits per heavy atom. The Morgan fingerprint density at radius 2 is 2.20 bits per heavy atom. The normalized spacial score (nSPS) is 15.3. The van der Waals surface area contributed by atoms with Crippen molar-refractivity contribution in [3.63, 3.8) is 0 Å². The topological polar surface area (TPSA) is 29.5 Å². The zero-order valence-electron chi connectivity index (χ0n) is 8.90. The van der Waals surface area contributed by atoms with Crippen LogP contribution in [0.3, 0.4) is 0 Å². The number of fused-ring (bicyclic) bond motifs is 1. The molecule has 0 aromatic heterocycles. The van der Waals surface area contributed by atoms with Crippen LogP contribution in [0.5, 0.6) is 0 Å². The first-order valence-corrected chi connectivity index (χ1v) is 5.28. The fraction of sp³-hybridized carbons (Fsp3) is 0.417. The molecule has 0 radical (unpaired) electrons. The van der Waals surface area contributed by atoms with Gasteiger partial charge < -0.3 is 9.64 Å². The van der Waals surface area contributed by atoms with Crippen LogP contribution in [0.25, 0.3) is 0 Å². The third kappa shape index (κ3) is 2.02. The summed E-state index contributed by atoms with van der Waals surface area (Å²) in [7, 11) is 0. The number of nitrogens with zero attached hydrogens (tertiary/aromatic N) is 1. The number of carbonyl (C=O) groups excluding carboxylic acids is 1. The minimum atomic E-state index is 0.0882. The van der Waals surface area contributed by atoms with Crippen molar-refractivity contribution in [2.75, 3.05) is 19.9 Å². The molecule has 80 valence electrons. The van der Waals surface area contributed by atoms with E-state index in [-0.39, 0.29) is 5.91 Å². The number of ether oxygens (including phenoxy) is 1. The van der Waals surface area contributed by atoms with Crippen LogP contribution >= 0.6 is 0 Å². The van der Waals surface area contributed by atoms with Gasteiger partial charge in [-0.3, -0.25) is 4.79 Å². The molecule has 0 saturated carbocycles. The molecule has 1 aromatic rings. The fourth-order valence-electron chi connectivity index (χ4n) is 1.80. The van der Waals surface area contributed by atoms with Gasteiger partial charge in [-0.05, 0) is 25.0 Å². The summed E-state index contributed by atoms with van der Waals surface area (Å²) in [6.45, 7) is 3.74. The first-order valence-electron chi connectivity index (χ1n) is 5.28. The first kappa shape index (κ1) is 10.2. The van der Waals surface area contributed by atoms with Crippen LogP contribution in [0, 0.1) is 0 Å². The first-order chi connectivity index (χ1) is 7.33. The summed E-state index contributed by atoms with van der Waals surface area (Å²) in [5.41, 5.74) is 1.97. The number of amides is 1. The molecule has 0 bridgehead atoms. The van der Waals surface area contributed by atoms with Crippen LogP contribution in [-0.4, -0.2) is 30.7 Å². The second-order valence-corrected chi connectivity index (χ2v) is 3.60. The third-order valence-electron chi connectivity index (χ3n) is 2.64. The van der Waals surface area contributed by atoms with Gasteiger partial charge in [0.15, 0.2) is 0 Å². The summed E-state index contributed by atoms with van der Waals surface area (Å²) < 4.78 is 5.26. The molecule has 1 aliphatic heterocycles. The molecule has 15 heavy (non-hydrogen) atoms. The van der Waals surface area contributed by atoms with E-state index in [1.807, 2.05) is 31.2 Å². The second-order valence-electron chi connectivity index (χ2n) is 3.60. The van der Waals surface area contributed by atoms with Crippen LogP contribution in [0.2, 0.25) is 0 Å². The van der Waals surface area contributed by atoms with E-state index < -0.39 is 0 Å². The van der Waals surface area contributed by atoms with E-state index >= 15 is 0 Å². The zero-order chi connectivity index (χ0) is 10.7. The molecule has 0 unspecified atom stereocenters. The molecule has 0 fully saturated rings. The summed E-state index contributed by atoms with van der Waals surface area (Å²) in [6.07, 6.45) is 0.926. The monoisotopic (exact) mass is 205 g/mol. The highest BCUT2D eigenvalue weighted by atomic mass is 16.5. The molecule has 0 atom stereocenters. The van der Waals surface area contributed by atoms with Gasteiger partial charge in [0.2, 0.25) is 0 Å². The maximum Gasteiger partial charge on any atom is 0.255 e. The van der Waals surface area contributed by atoms with Crippen LogP contribution in [-0.2, 0) is 11.2 Å². The summed E-state index contributed by atoms with van der Waals surface area (Å²) in [6, 6.07) is 7.78. The molecule has 0 aliphatic carbocycles. The molecule has 1 heterocycles. The highest BCUT2D eigenvalue weighted by molar-refractivity contribution is 5.96. The van der Waals surface area contributed by atoms with Gasteiger partial charge in [-0.1, -0.05) is 18.2 Å². The molecule has 1 aromatic carbocycles. The van der Waals surface area contributed by atoms with Gasteiger partial charge in [-0.25, -0.2) is 0 Å². The lowest BCUT2D eigenvalue weighted by Gasteiger charge is -2.27. The minimum Gasteiger partial charge on any atom is -0.361 e. The summed E-state index contributed by atoms with van der Waals surface area (Å²) in [4.78, 5) is 13.7. The van der Waals surface area contributed by atoms with Crippen LogP contribution < -0.4 is 0 Å². The van der Waals surface area contributed by atoms with Crippen molar-refractivity contribution in [2.24, 2.45) is 0 Å². The standard InChI is InChI=1S/C12H15NO2/c1-2-15-9-13-8-7-10-5-3-4-6-11(10)12(13)14/h3-6H,2,7-9H2,1H3. The molecule has 0 saturated heterocycles. The predicted molar refractivity (Wildman–Crippen MR) is 57.7 cm³/mol. The minimum absolute atomic E-state index is 0.0882. The van der Waals surface area contributed by atoms with E-state index in [0.29, 0.717) is 13.3 Å². The van der Waals surface area contributed by atoms with Gasteiger partial charge in [0.25, 0.3) is 5.91 Å². The quantitative estimate of drug-likeness (QED) is 0.751. The Bertz CT molecular complexity index is 362. The molecular formula is C12H15NO2. The lowest BCUT2D eigenvalue weighted by molar-refractivity contribution is 0.0265. The highest BCUT2D eigenvalue weighted by Crippen LogP contribution is 2.18. The van der Waals surface area contributed by atoms with Gasteiger partial charge in [0.05, 0.1) is 0 Å². The van der Waals surface area contributed by atoms with Crippen LogP contribution in [0.4, 0.5) is 0 Å². The van der Waals surface area contributed by atoms with E-state index in [1.165, 1.54) is 0 Å². The van der Waals surface area contributed by atoms with E-state index in [1.54, 1.807) is 4.90 Å². The lowest BCUT2D eigenvalue weighted by Crippen LogP contribution is -2.39. The molecular weight excluding hydrogens is 190 g/mol. The van der Waals surface area contributed by atoms with Crippen molar-refractivity contribution in [1.82, 2.24) is 4.90 Å². The number of rotatable bonds is 3. The molecule has 3 heteroatoms. The zero-order valence-corrected chi connectivity index (χ0v) is 8.90. The molecule has 0 spiro atoms. The third-order valence-corrected chi connectivity index (χ3v) is 2.64. The maximum atomic E-state index is 12.0. The van der Waals surface area contributed by atoms with Gasteiger partial charge >= 0.3 is 0 Å². The predicted octanol–water partition coefficient (Wildman–Crippen LogP) is 1.68. The molecule has 0 N–H and O–H groups in total. The van der Waals surface area contributed by atoms with Crippen molar-refractivity contribution in [3.8, 4) is 0 Å². The smallest absolute Gasteiger partial charge is 0.255 e. The van der Waals surface area contributed by atoms with Crippen molar-refractivity contribution < 1.29 is 9.53 Å². The number of hydrogen-bond acceptors (Lipinski definition) is 2. The second kappa shape index (κ2) is 4.45. The highest BCUT2D eigenvalue weighted by Gasteiger charge is 2.23. The number of hydrogen-bond donors (Lipinski definition) is 0. The number of benzene rings is 1. The Morgan fingerprint density at radius 3 is 3.00 bits per heavy atom. The number of carbonyl (C=O) groups is 1. The molecule has 2 rings (SSSR count). The van der Waals surface area contributed by atoms with Crippen molar-refractivity contribution in [3.05, 3.63) is 35.4 Å². The average Bonchev–Trinajstić information content (AvgIpc) is 2.29. The van der Waals surface area contributed by atoms with Crippen molar-refractivity contribution in [2.45, 2.75) is 13.3 Å². The Labute approximate surface area is 89.7 Å². The van der Waals surface area contributed by atoms with Gasteiger partial charge in [0, 0.05) is 18.7 Å². The van der Waals surface area contributed by atoms with E-state index in [4.69, 9.17) is 4.74 Å². The molecule has 1 amide bonds. The lowest BCUT2D eigenvalue weighted by atomic mass is 10.00. The Balaban J connectivity index is 2.15. The van der Waals surface area contributed by atoms with Gasteiger partial charge in [0.1, 0.15) is 6.73 Å².